The second-order valence-corrected chi connectivity index (χ2v) is 7.55. The number of amides is 2. The summed E-state index contributed by atoms with van der Waals surface area (Å²) < 4.78 is 5.17. The van der Waals surface area contributed by atoms with Crippen molar-refractivity contribution in [2.24, 2.45) is 0 Å². The smallest absolute Gasteiger partial charge is 0.257 e. The van der Waals surface area contributed by atoms with E-state index < -0.39 is 0 Å². The highest BCUT2D eigenvalue weighted by atomic mass is 16.5. The number of hydrogen-bond acceptors (Lipinski definition) is 4. The predicted molar refractivity (Wildman–Crippen MR) is 118 cm³/mol. The first kappa shape index (κ1) is 20.7. The van der Waals surface area contributed by atoms with Gasteiger partial charge < -0.3 is 14.5 Å². The van der Waals surface area contributed by atoms with Crippen molar-refractivity contribution in [2.75, 3.05) is 33.3 Å². The number of rotatable bonds is 6. The molecule has 0 bridgehead atoms. The number of methoxy groups -OCH3 is 1. The van der Waals surface area contributed by atoms with Crippen LogP contribution in [0.5, 0.6) is 5.75 Å². The minimum Gasteiger partial charge on any atom is -0.497 e. The third-order valence-corrected chi connectivity index (χ3v) is 5.64. The molecule has 7 heteroatoms. The molecule has 31 heavy (non-hydrogen) atoms. The van der Waals surface area contributed by atoms with Crippen LogP contribution in [-0.4, -0.2) is 65.1 Å². The third kappa shape index (κ3) is 4.77. The summed E-state index contributed by atoms with van der Waals surface area (Å²) in [5.74, 6) is 0.873. The molecule has 1 saturated heterocycles. The standard InChI is InChI=1S/C24H26N4O3/c1-31-20-10-7-18(8-11-20)9-12-22(29)27-13-15-28(16-14-27)24(30)21-17-25-26-23(21)19-5-3-2-4-6-19/h2-8,10-11,17H,9,12-16H2,1H3,(H,25,26). The second kappa shape index (κ2) is 9.47. The maximum absolute atomic E-state index is 13.0. The van der Waals surface area contributed by atoms with Crippen LogP contribution in [0.3, 0.4) is 0 Å². The van der Waals surface area contributed by atoms with Crippen LogP contribution in [0.1, 0.15) is 22.3 Å². The van der Waals surface area contributed by atoms with Gasteiger partial charge in [-0.15, -0.1) is 0 Å². The molecule has 1 N–H and O–H groups in total. The molecule has 3 aromatic rings. The van der Waals surface area contributed by atoms with Gasteiger partial charge in [-0.3, -0.25) is 14.7 Å². The van der Waals surface area contributed by atoms with Crippen molar-refractivity contribution in [1.29, 1.82) is 0 Å². The van der Waals surface area contributed by atoms with E-state index in [1.165, 1.54) is 0 Å². The van der Waals surface area contributed by atoms with Crippen molar-refractivity contribution in [3.63, 3.8) is 0 Å². The summed E-state index contributed by atoms with van der Waals surface area (Å²) in [6.45, 7) is 2.14. The maximum Gasteiger partial charge on any atom is 0.257 e. The van der Waals surface area contributed by atoms with Crippen LogP contribution in [0.25, 0.3) is 11.3 Å². The highest BCUT2D eigenvalue weighted by Gasteiger charge is 2.27. The van der Waals surface area contributed by atoms with Gasteiger partial charge in [0.05, 0.1) is 24.6 Å². The van der Waals surface area contributed by atoms with E-state index in [9.17, 15) is 9.59 Å². The number of carbonyl (C=O) groups excluding carboxylic acids is 2. The van der Waals surface area contributed by atoms with Gasteiger partial charge in [-0.25, -0.2) is 0 Å². The lowest BCUT2D eigenvalue weighted by Crippen LogP contribution is -2.50. The van der Waals surface area contributed by atoms with Crippen LogP contribution in [0.2, 0.25) is 0 Å². The van der Waals surface area contributed by atoms with Crippen LogP contribution < -0.4 is 4.74 Å². The molecule has 2 amide bonds. The van der Waals surface area contributed by atoms with Crippen molar-refractivity contribution >= 4 is 11.8 Å². The monoisotopic (exact) mass is 418 g/mol. The van der Waals surface area contributed by atoms with Crippen molar-refractivity contribution in [1.82, 2.24) is 20.0 Å². The molecule has 160 valence electrons. The molecule has 2 aromatic carbocycles. The fraction of sp³-hybridized carbons (Fsp3) is 0.292. The summed E-state index contributed by atoms with van der Waals surface area (Å²) in [6.07, 6.45) is 2.73. The Labute approximate surface area is 181 Å². The van der Waals surface area contributed by atoms with Gasteiger partial charge in [-0.05, 0) is 24.1 Å². The topological polar surface area (TPSA) is 78.5 Å². The summed E-state index contributed by atoms with van der Waals surface area (Å²) in [4.78, 5) is 29.3. The van der Waals surface area contributed by atoms with Gasteiger partial charge >= 0.3 is 0 Å². The number of carbonyl (C=O) groups is 2. The Kier molecular flexibility index (Phi) is 6.31. The summed E-state index contributed by atoms with van der Waals surface area (Å²) in [5.41, 5.74) is 3.32. The number of aromatic nitrogens is 2. The molecular formula is C24H26N4O3. The van der Waals surface area contributed by atoms with Gasteiger partial charge in [0, 0.05) is 38.2 Å². The van der Waals surface area contributed by atoms with E-state index in [2.05, 4.69) is 10.2 Å². The first-order valence-corrected chi connectivity index (χ1v) is 10.4. The number of ether oxygens (including phenoxy) is 1. The molecule has 1 fully saturated rings. The second-order valence-electron chi connectivity index (χ2n) is 7.55. The summed E-state index contributed by atoms with van der Waals surface area (Å²) >= 11 is 0. The summed E-state index contributed by atoms with van der Waals surface area (Å²) in [6, 6.07) is 17.5. The maximum atomic E-state index is 13.0. The Morgan fingerprint density at radius 2 is 1.65 bits per heavy atom. The number of piperazine rings is 1. The number of H-pyrrole nitrogens is 1. The SMILES string of the molecule is COc1ccc(CCC(=O)N2CCN(C(=O)c3cn[nH]c3-c3ccccc3)CC2)cc1. The van der Waals surface area contributed by atoms with E-state index in [1.54, 1.807) is 18.2 Å². The molecule has 0 radical (unpaired) electrons. The van der Waals surface area contributed by atoms with Gasteiger partial charge in [-0.1, -0.05) is 42.5 Å². The Hall–Kier alpha value is -3.61. The Bertz CT molecular complexity index is 1020. The van der Waals surface area contributed by atoms with Gasteiger partial charge in [0.25, 0.3) is 5.91 Å². The van der Waals surface area contributed by atoms with Gasteiger partial charge in [0.15, 0.2) is 0 Å². The Morgan fingerprint density at radius 3 is 2.32 bits per heavy atom. The van der Waals surface area contributed by atoms with Crippen LogP contribution in [0.15, 0.2) is 60.8 Å². The minimum atomic E-state index is -0.0575. The van der Waals surface area contributed by atoms with Crippen LogP contribution in [0, 0.1) is 0 Å². The van der Waals surface area contributed by atoms with Crippen molar-refractivity contribution in [3.8, 4) is 17.0 Å². The molecule has 0 spiro atoms. The van der Waals surface area contributed by atoms with Gasteiger partial charge in [0.1, 0.15) is 5.75 Å². The van der Waals surface area contributed by atoms with E-state index in [4.69, 9.17) is 4.74 Å². The van der Waals surface area contributed by atoms with Gasteiger partial charge in [-0.2, -0.15) is 5.10 Å². The van der Waals surface area contributed by atoms with Crippen molar-refractivity contribution in [3.05, 3.63) is 71.9 Å². The predicted octanol–water partition coefficient (Wildman–Crippen LogP) is 3.00. The minimum absolute atomic E-state index is 0.0575. The fourth-order valence-electron chi connectivity index (χ4n) is 3.80. The van der Waals surface area contributed by atoms with E-state index in [0.717, 1.165) is 22.6 Å². The average molecular weight is 418 g/mol. The van der Waals surface area contributed by atoms with Gasteiger partial charge in [0.2, 0.25) is 5.91 Å². The normalized spacial score (nSPS) is 13.8. The third-order valence-electron chi connectivity index (χ3n) is 5.64. The molecule has 0 unspecified atom stereocenters. The van der Waals surface area contributed by atoms with E-state index in [-0.39, 0.29) is 11.8 Å². The lowest BCUT2D eigenvalue weighted by molar-refractivity contribution is -0.132. The number of hydrogen-bond donors (Lipinski definition) is 1. The van der Waals surface area contributed by atoms with Crippen molar-refractivity contribution in [2.45, 2.75) is 12.8 Å². The Morgan fingerprint density at radius 1 is 0.968 bits per heavy atom. The van der Waals surface area contributed by atoms with Crippen molar-refractivity contribution < 1.29 is 14.3 Å². The summed E-state index contributed by atoms with van der Waals surface area (Å²) in [5, 5.41) is 7.02. The highest BCUT2D eigenvalue weighted by molar-refractivity contribution is 5.99. The largest absolute Gasteiger partial charge is 0.497 e. The Balaban J connectivity index is 1.31. The molecular weight excluding hydrogens is 392 g/mol. The fourth-order valence-corrected chi connectivity index (χ4v) is 3.80. The van der Waals surface area contributed by atoms with E-state index >= 15 is 0 Å². The van der Waals surface area contributed by atoms with E-state index in [0.29, 0.717) is 44.6 Å². The molecule has 1 aliphatic heterocycles. The molecule has 7 nitrogen and oxygen atoms in total. The number of nitrogens with one attached hydrogen (secondary N) is 1. The number of nitrogens with zero attached hydrogens (tertiary/aromatic N) is 3. The average Bonchev–Trinajstić information content (AvgIpc) is 3.33. The zero-order valence-electron chi connectivity index (χ0n) is 17.6. The quantitative estimate of drug-likeness (QED) is 0.668. The van der Waals surface area contributed by atoms with Crippen LogP contribution >= 0.6 is 0 Å². The zero-order chi connectivity index (χ0) is 21.6. The molecule has 1 aromatic heterocycles. The molecule has 2 heterocycles. The molecule has 0 atom stereocenters. The zero-order valence-corrected chi connectivity index (χ0v) is 17.6. The molecule has 4 rings (SSSR count). The lowest BCUT2D eigenvalue weighted by atomic mass is 10.1. The first-order chi connectivity index (χ1) is 15.2. The first-order valence-electron chi connectivity index (χ1n) is 10.4. The number of aromatic amines is 1. The molecule has 0 saturated carbocycles. The molecule has 0 aliphatic carbocycles. The van der Waals surface area contributed by atoms with Crippen LogP contribution in [0.4, 0.5) is 0 Å². The summed E-state index contributed by atoms with van der Waals surface area (Å²) in [7, 11) is 1.64. The van der Waals surface area contributed by atoms with E-state index in [1.807, 2.05) is 59.5 Å². The lowest BCUT2D eigenvalue weighted by Gasteiger charge is -2.34. The number of benzene rings is 2. The highest BCUT2D eigenvalue weighted by Crippen LogP contribution is 2.22. The van der Waals surface area contributed by atoms with Crippen LogP contribution in [-0.2, 0) is 11.2 Å². The number of aryl methyl sites for hydroxylation is 1. The molecule has 1 aliphatic rings.